The van der Waals surface area contributed by atoms with Gasteiger partial charge in [0.25, 0.3) is 5.91 Å². The van der Waals surface area contributed by atoms with Crippen LogP contribution in [0.5, 0.6) is 0 Å². The Morgan fingerprint density at radius 2 is 2.33 bits per heavy atom. The van der Waals surface area contributed by atoms with E-state index in [0.29, 0.717) is 18.8 Å². The minimum absolute atomic E-state index is 0.122. The Kier molecular flexibility index (Phi) is 4.01. The molecule has 0 aliphatic heterocycles. The van der Waals surface area contributed by atoms with Crippen LogP contribution in [0.1, 0.15) is 35.8 Å². The molecule has 21 heavy (non-hydrogen) atoms. The first-order valence-electron chi connectivity index (χ1n) is 7.28. The first kappa shape index (κ1) is 13.8. The lowest BCUT2D eigenvalue weighted by Gasteiger charge is -2.21. The summed E-state index contributed by atoms with van der Waals surface area (Å²) < 4.78 is 3.90. The van der Waals surface area contributed by atoms with E-state index in [1.807, 2.05) is 17.1 Å². The maximum atomic E-state index is 12.3. The maximum absolute atomic E-state index is 12.3. The lowest BCUT2D eigenvalue weighted by molar-refractivity contribution is 0.0924. The minimum Gasteiger partial charge on any atom is -0.346 e. The first-order valence-corrected chi connectivity index (χ1v) is 7.28. The molecule has 1 aliphatic carbocycles. The van der Waals surface area contributed by atoms with Crippen LogP contribution in [0.15, 0.2) is 31.2 Å². The molecule has 2 unspecified atom stereocenters. The minimum atomic E-state index is -0.122. The molecule has 0 aromatic carbocycles. The maximum Gasteiger partial charge on any atom is 0.271 e. The van der Waals surface area contributed by atoms with E-state index < -0.39 is 0 Å². The van der Waals surface area contributed by atoms with Crippen LogP contribution in [-0.2, 0) is 6.54 Å². The van der Waals surface area contributed by atoms with Crippen LogP contribution in [-0.4, -0.2) is 37.6 Å². The number of hydrogen-bond donors (Lipinski definition) is 2. The normalized spacial score (nSPS) is 21.6. The SMILES string of the molecule is NCCn1cnc(C(=O)NC2CCCC2n2ccnc2)c1. The van der Waals surface area contributed by atoms with Gasteiger partial charge in [0, 0.05) is 37.7 Å². The number of nitrogens with zero attached hydrogens (tertiary/aromatic N) is 4. The van der Waals surface area contributed by atoms with Crippen molar-refractivity contribution in [3.8, 4) is 0 Å². The van der Waals surface area contributed by atoms with Crippen LogP contribution in [0.3, 0.4) is 0 Å². The van der Waals surface area contributed by atoms with Crippen molar-refractivity contribution in [2.24, 2.45) is 5.73 Å². The molecule has 0 spiro atoms. The van der Waals surface area contributed by atoms with Crippen LogP contribution >= 0.6 is 0 Å². The molecule has 3 rings (SSSR count). The Morgan fingerprint density at radius 1 is 1.43 bits per heavy atom. The molecule has 1 amide bonds. The van der Waals surface area contributed by atoms with Gasteiger partial charge in [-0.25, -0.2) is 9.97 Å². The number of hydrogen-bond acceptors (Lipinski definition) is 4. The monoisotopic (exact) mass is 288 g/mol. The van der Waals surface area contributed by atoms with Crippen LogP contribution in [0.2, 0.25) is 0 Å². The molecule has 2 aromatic rings. The average Bonchev–Trinajstić information content (AvgIpc) is 3.19. The van der Waals surface area contributed by atoms with Crippen molar-refractivity contribution < 1.29 is 4.79 Å². The molecule has 7 nitrogen and oxygen atoms in total. The van der Waals surface area contributed by atoms with Crippen LogP contribution in [0.4, 0.5) is 0 Å². The molecule has 1 fully saturated rings. The fourth-order valence-electron chi connectivity index (χ4n) is 2.92. The number of nitrogens with two attached hydrogens (primary N) is 1. The van der Waals surface area contributed by atoms with E-state index in [-0.39, 0.29) is 18.0 Å². The van der Waals surface area contributed by atoms with Crippen molar-refractivity contribution in [3.63, 3.8) is 0 Å². The second-order valence-electron chi connectivity index (χ2n) is 5.37. The second-order valence-corrected chi connectivity index (χ2v) is 5.37. The Labute approximate surface area is 123 Å². The number of rotatable bonds is 5. The third-order valence-electron chi connectivity index (χ3n) is 3.96. The highest BCUT2D eigenvalue weighted by atomic mass is 16.2. The molecule has 1 aliphatic rings. The summed E-state index contributed by atoms with van der Waals surface area (Å²) in [7, 11) is 0. The quantitative estimate of drug-likeness (QED) is 0.841. The fourth-order valence-corrected chi connectivity index (χ4v) is 2.92. The summed E-state index contributed by atoms with van der Waals surface area (Å²) in [6.45, 7) is 1.20. The molecule has 7 heteroatoms. The summed E-state index contributed by atoms with van der Waals surface area (Å²) in [6, 6.07) is 0.411. The van der Waals surface area contributed by atoms with E-state index in [1.54, 1.807) is 18.7 Å². The van der Waals surface area contributed by atoms with Gasteiger partial charge in [0.05, 0.1) is 18.7 Å². The zero-order valence-corrected chi connectivity index (χ0v) is 11.9. The second kappa shape index (κ2) is 6.09. The van der Waals surface area contributed by atoms with Gasteiger partial charge < -0.3 is 20.2 Å². The summed E-state index contributed by atoms with van der Waals surface area (Å²) in [6.07, 6.45) is 12.1. The number of aromatic nitrogens is 4. The molecule has 2 heterocycles. The fraction of sp³-hybridized carbons (Fsp3) is 0.500. The Balaban J connectivity index is 1.66. The van der Waals surface area contributed by atoms with Gasteiger partial charge in [-0.2, -0.15) is 0 Å². The third-order valence-corrected chi connectivity index (χ3v) is 3.96. The van der Waals surface area contributed by atoms with E-state index in [1.165, 1.54) is 0 Å². The highest BCUT2D eigenvalue weighted by Crippen LogP contribution is 2.30. The summed E-state index contributed by atoms with van der Waals surface area (Å²) in [5, 5.41) is 3.09. The largest absolute Gasteiger partial charge is 0.346 e. The predicted molar refractivity (Wildman–Crippen MR) is 77.7 cm³/mol. The lowest BCUT2D eigenvalue weighted by atomic mass is 10.1. The lowest BCUT2D eigenvalue weighted by Crippen LogP contribution is -2.38. The topological polar surface area (TPSA) is 90.8 Å². The van der Waals surface area contributed by atoms with Crippen molar-refractivity contribution in [2.45, 2.75) is 37.9 Å². The highest BCUT2D eigenvalue weighted by Gasteiger charge is 2.30. The molecule has 0 saturated heterocycles. The molecule has 0 radical (unpaired) electrons. The number of carbonyl (C=O) groups is 1. The van der Waals surface area contributed by atoms with Crippen LogP contribution < -0.4 is 11.1 Å². The Hall–Kier alpha value is -2.15. The standard InChI is InChI=1S/C14H20N6O/c15-4-6-19-8-12(17-10-19)14(21)18-11-2-1-3-13(11)20-7-5-16-9-20/h5,7-11,13H,1-4,6,15H2,(H,18,21). The molecule has 2 atom stereocenters. The van der Waals surface area contributed by atoms with E-state index in [0.717, 1.165) is 19.3 Å². The Bertz CT molecular complexity index is 590. The van der Waals surface area contributed by atoms with Gasteiger partial charge >= 0.3 is 0 Å². The van der Waals surface area contributed by atoms with Crippen LogP contribution in [0, 0.1) is 0 Å². The number of carbonyl (C=O) groups excluding carboxylic acids is 1. The summed E-state index contributed by atoms with van der Waals surface area (Å²) in [5.74, 6) is -0.122. The van der Waals surface area contributed by atoms with Crippen molar-refractivity contribution in [3.05, 3.63) is 36.9 Å². The first-order chi connectivity index (χ1) is 10.3. The summed E-state index contributed by atoms with van der Waals surface area (Å²) in [4.78, 5) is 20.5. The third kappa shape index (κ3) is 2.97. The number of imidazole rings is 2. The van der Waals surface area contributed by atoms with E-state index in [9.17, 15) is 4.79 Å². The molecular weight excluding hydrogens is 268 g/mol. The smallest absolute Gasteiger partial charge is 0.271 e. The predicted octanol–water partition coefficient (Wildman–Crippen LogP) is 0.562. The van der Waals surface area contributed by atoms with E-state index in [2.05, 4.69) is 19.9 Å². The molecule has 0 bridgehead atoms. The highest BCUT2D eigenvalue weighted by molar-refractivity contribution is 5.92. The van der Waals surface area contributed by atoms with Crippen molar-refractivity contribution in [1.82, 2.24) is 24.4 Å². The summed E-state index contributed by atoms with van der Waals surface area (Å²) in [5.41, 5.74) is 5.94. The van der Waals surface area contributed by atoms with E-state index in [4.69, 9.17) is 5.73 Å². The van der Waals surface area contributed by atoms with E-state index >= 15 is 0 Å². The molecule has 2 aromatic heterocycles. The number of amides is 1. The molecule has 1 saturated carbocycles. The molecule has 112 valence electrons. The van der Waals surface area contributed by atoms with Gasteiger partial charge in [-0.1, -0.05) is 0 Å². The zero-order valence-electron chi connectivity index (χ0n) is 11.9. The van der Waals surface area contributed by atoms with Gasteiger partial charge in [0.15, 0.2) is 0 Å². The summed E-state index contributed by atoms with van der Waals surface area (Å²) >= 11 is 0. The Morgan fingerprint density at radius 3 is 3.10 bits per heavy atom. The zero-order chi connectivity index (χ0) is 14.7. The van der Waals surface area contributed by atoms with Crippen LogP contribution in [0.25, 0.3) is 0 Å². The van der Waals surface area contributed by atoms with Crippen molar-refractivity contribution >= 4 is 5.91 Å². The number of nitrogens with one attached hydrogen (secondary N) is 1. The van der Waals surface area contributed by atoms with Gasteiger partial charge in [0.1, 0.15) is 5.69 Å². The van der Waals surface area contributed by atoms with Crippen molar-refractivity contribution in [1.29, 1.82) is 0 Å². The van der Waals surface area contributed by atoms with Gasteiger partial charge in [-0.05, 0) is 19.3 Å². The van der Waals surface area contributed by atoms with Gasteiger partial charge in [-0.15, -0.1) is 0 Å². The van der Waals surface area contributed by atoms with Gasteiger partial charge in [0.2, 0.25) is 0 Å². The van der Waals surface area contributed by atoms with Gasteiger partial charge in [-0.3, -0.25) is 4.79 Å². The molecule has 3 N–H and O–H groups in total. The average molecular weight is 288 g/mol. The molecular formula is C14H20N6O. The van der Waals surface area contributed by atoms with Crippen molar-refractivity contribution in [2.75, 3.05) is 6.54 Å².